The molecule has 0 atom stereocenters. The van der Waals surface area contributed by atoms with Gasteiger partial charge >= 0.3 is 5.97 Å². The number of nitrogens with one attached hydrogen (secondary N) is 1. The van der Waals surface area contributed by atoms with Crippen molar-refractivity contribution in [1.82, 2.24) is 19.6 Å². The average molecular weight is 360 g/mol. The van der Waals surface area contributed by atoms with E-state index in [9.17, 15) is 9.59 Å². The largest absolute Gasteiger partial charge is 0.476 e. The maximum Gasteiger partial charge on any atom is 0.357 e. The summed E-state index contributed by atoms with van der Waals surface area (Å²) in [7, 11) is 1.54. The molecule has 1 aromatic carbocycles. The highest BCUT2D eigenvalue weighted by Gasteiger charge is 2.21. The molecule has 25 heavy (non-hydrogen) atoms. The predicted octanol–water partition coefficient (Wildman–Crippen LogP) is 2.27. The van der Waals surface area contributed by atoms with Crippen molar-refractivity contribution in [3.63, 3.8) is 0 Å². The van der Waals surface area contributed by atoms with E-state index in [1.165, 1.54) is 10.9 Å². The summed E-state index contributed by atoms with van der Waals surface area (Å²) in [5, 5.41) is 20.3. The van der Waals surface area contributed by atoms with Gasteiger partial charge in [0.1, 0.15) is 0 Å². The van der Waals surface area contributed by atoms with Gasteiger partial charge in [-0.1, -0.05) is 29.8 Å². The zero-order chi connectivity index (χ0) is 18.0. The molecule has 0 aliphatic heterocycles. The number of benzene rings is 1. The van der Waals surface area contributed by atoms with Crippen LogP contribution in [0.25, 0.3) is 0 Å². The number of aryl methyl sites for hydroxylation is 1. The Morgan fingerprint density at radius 2 is 2.00 bits per heavy atom. The summed E-state index contributed by atoms with van der Waals surface area (Å²) in [4.78, 5) is 23.4. The van der Waals surface area contributed by atoms with Gasteiger partial charge in [0.25, 0.3) is 5.91 Å². The normalized spacial score (nSPS) is 10.6. The van der Waals surface area contributed by atoms with Gasteiger partial charge in [-0.25, -0.2) is 4.79 Å². The number of aromatic carboxylic acids is 1. The summed E-state index contributed by atoms with van der Waals surface area (Å²) >= 11 is 6.12. The quantitative estimate of drug-likeness (QED) is 0.727. The first-order valence-electron chi connectivity index (χ1n) is 7.29. The van der Waals surface area contributed by atoms with E-state index < -0.39 is 11.9 Å². The second-order valence-electron chi connectivity index (χ2n) is 5.31. The van der Waals surface area contributed by atoms with E-state index in [1.54, 1.807) is 30.1 Å². The van der Waals surface area contributed by atoms with Gasteiger partial charge in [0.15, 0.2) is 11.5 Å². The van der Waals surface area contributed by atoms with Gasteiger partial charge in [-0.2, -0.15) is 10.2 Å². The fraction of sp³-hybridized carbons (Fsp3) is 0.125. The van der Waals surface area contributed by atoms with E-state index in [0.717, 1.165) is 5.56 Å². The molecule has 8 nitrogen and oxygen atoms in total. The van der Waals surface area contributed by atoms with Crippen LogP contribution in [0, 0.1) is 0 Å². The minimum atomic E-state index is -1.27. The minimum Gasteiger partial charge on any atom is -0.476 e. The minimum absolute atomic E-state index is 0.0318. The molecule has 0 unspecified atom stereocenters. The van der Waals surface area contributed by atoms with Crippen molar-refractivity contribution >= 4 is 29.3 Å². The van der Waals surface area contributed by atoms with Crippen molar-refractivity contribution in [2.45, 2.75) is 6.54 Å². The highest BCUT2D eigenvalue weighted by molar-refractivity contribution is 6.31. The van der Waals surface area contributed by atoms with E-state index in [2.05, 4.69) is 15.5 Å². The Morgan fingerprint density at radius 3 is 2.72 bits per heavy atom. The predicted molar refractivity (Wildman–Crippen MR) is 90.9 cm³/mol. The highest BCUT2D eigenvalue weighted by atomic mass is 35.5. The molecule has 0 saturated carbocycles. The summed E-state index contributed by atoms with van der Waals surface area (Å²) in [5.41, 5.74) is 0.553. The van der Waals surface area contributed by atoms with Gasteiger partial charge in [0, 0.05) is 30.5 Å². The monoisotopic (exact) mass is 359 g/mol. The molecule has 1 amide bonds. The Kier molecular flexibility index (Phi) is 4.53. The number of amides is 1. The Balaban J connectivity index is 1.74. The lowest BCUT2D eigenvalue weighted by Gasteiger charge is -2.04. The van der Waals surface area contributed by atoms with Crippen LogP contribution in [-0.2, 0) is 13.6 Å². The van der Waals surface area contributed by atoms with Crippen molar-refractivity contribution < 1.29 is 14.7 Å². The maximum absolute atomic E-state index is 12.3. The van der Waals surface area contributed by atoms with E-state index in [1.807, 2.05) is 18.2 Å². The zero-order valence-corrected chi connectivity index (χ0v) is 13.9. The fourth-order valence-electron chi connectivity index (χ4n) is 2.31. The Hall–Kier alpha value is -3.13. The lowest BCUT2D eigenvalue weighted by molar-refractivity contribution is 0.0685. The fourth-order valence-corrected chi connectivity index (χ4v) is 2.51. The van der Waals surface area contributed by atoms with E-state index in [4.69, 9.17) is 16.7 Å². The Morgan fingerprint density at radius 1 is 1.24 bits per heavy atom. The summed E-state index contributed by atoms with van der Waals surface area (Å²) in [6, 6.07) is 9.01. The van der Waals surface area contributed by atoms with Gasteiger partial charge in [-0.3, -0.25) is 14.2 Å². The molecule has 0 aliphatic carbocycles. The van der Waals surface area contributed by atoms with Crippen molar-refractivity contribution in [3.05, 3.63) is 64.6 Å². The molecule has 2 N–H and O–H groups in total. The lowest BCUT2D eigenvalue weighted by atomic mass is 10.2. The lowest BCUT2D eigenvalue weighted by Crippen LogP contribution is -2.16. The molecule has 0 aliphatic rings. The topological polar surface area (TPSA) is 102 Å². The van der Waals surface area contributed by atoms with E-state index in [0.29, 0.717) is 17.4 Å². The zero-order valence-electron chi connectivity index (χ0n) is 13.2. The second-order valence-corrected chi connectivity index (χ2v) is 5.72. The van der Waals surface area contributed by atoms with Crippen LogP contribution in [0.5, 0.6) is 0 Å². The highest BCUT2D eigenvalue weighted by Crippen LogP contribution is 2.17. The van der Waals surface area contributed by atoms with Crippen LogP contribution in [0.3, 0.4) is 0 Å². The van der Waals surface area contributed by atoms with Crippen LogP contribution < -0.4 is 5.32 Å². The molecule has 0 radical (unpaired) electrons. The summed E-state index contributed by atoms with van der Waals surface area (Å²) < 4.78 is 2.90. The number of carboxylic acids is 1. The van der Waals surface area contributed by atoms with Crippen LogP contribution >= 0.6 is 11.6 Å². The molecule has 2 aromatic heterocycles. The van der Waals surface area contributed by atoms with Gasteiger partial charge in [0.2, 0.25) is 0 Å². The number of anilines is 1. The van der Waals surface area contributed by atoms with Crippen LogP contribution in [-0.4, -0.2) is 36.5 Å². The summed E-state index contributed by atoms with van der Waals surface area (Å²) in [5.74, 6) is -1.55. The number of carbonyl (C=O) groups excluding carboxylic acids is 1. The Bertz CT molecular complexity index is 947. The number of nitrogens with zero attached hydrogens (tertiary/aromatic N) is 4. The van der Waals surface area contributed by atoms with Crippen molar-refractivity contribution in [2.75, 3.05) is 5.32 Å². The Labute approximate surface area is 147 Å². The standard InChI is InChI=1S/C16H14ClN5O3/c1-21-9-11(14(20-21)16(24)25)15(23)18-13-6-7-22(19-13)8-10-4-2-3-5-12(10)17/h2-7,9H,8H2,1H3,(H,24,25)(H,18,19,23). The molecule has 3 aromatic rings. The number of halogens is 1. The SMILES string of the molecule is Cn1cc(C(=O)Nc2ccn(Cc3ccccc3Cl)n2)c(C(=O)O)n1. The number of hydrogen-bond donors (Lipinski definition) is 2. The van der Waals surface area contributed by atoms with Crippen molar-refractivity contribution in [3.8, 4) is 0 Å². The maximum atomic E-state index is 12.3. The number of carboxylic acid groups (broad SMARTS) is 1. The summed E-state index contributed by atoms with van der Waals surface area (Å²) in [6.07, 6.45) is 3.04. The molecule has 0 bridgehead atoms. The van der Waals surface area contributed by atoms with Gasteiger partial charge in [0.05, 0.1) is 12.1 Å². The van der Waals surface area contributed by atoms with Crippen molar-refractivity contribution in [1.29, 1.82) is 0 Å². The number of carbonyl (C=O) groups is 2. The third kappa shape index (κ3) is 3.69. The first kappa shape index (κ1) is 16.7. The van der Waals surface area contributed by atoms with Gasteiger partial charge in [-0.15, -0.1) is 0 Å². The number of rotatable bonds is 5. The van der Waals surface area contributed by atoms with Crippen LogP contribution in [0.15, 0.2) is 42.7 Å². The number of aromatic nitrogens is 4. The first-order valence-corrected chi connectivity index (χ1v) is 7.67. The third-order valence-electron chi connectivity index (χ3n) is 3.45. The molecule has 128 valence electrons. The third-order valence-corrected chi connectivity index (χ3v) is 3.82. The average Bonchev–Trinajstić information content (AvgIpc) is 3.16. The van der Waals surface area contributed by atoms with Gasteiger partial charge < -0.3 is 10.4 Å². The summed E-state index contributed by atoms with van der Waals surface area (Å²) in [6.45, 7) is 0.447. The molecular formula is C16H14ClN5O3. The second kappa shape index (κ2) is 6.78. The van der Waals surface area contributed by atoms with Crippen molar-refractivity contribution in [2.24, 2.45) is 7.05 Å². The smallest absolute Gasteiger partial charge is 0.357 e. The van der Waals surface area contributed by atoms with Gasteiger partial charge in [-0.05, 0) is 11.6 Å². The first-order chi connectivity index (χ1) is 11.9. The molecule has 0 fully saturated rings. The molecule has 9 heteroatoms. The molecule has 0 spiro atoms. The molecule has 2 heterocycles. The van der Waals surface area contributed by atoms with Crippen LogP contribution in [0.2, 0.25) is 5.02 Å². The number of hydrogen-bond acceptors (Lipinski definition) is 4. The van der Waals surface area contributed by atoms with E-state index in [-0.39, 0.29) is 11.3 Å². The molecular weight excluding hydrogens is 346 g/mol. The van der Waals surface area contributed by atoms with Crippen LogP contribution in [0.1, 0.15) is 26.4 Å². The molecule has 0 saturated heterocycles. The van der Waals surface area contributed by atoms with E-state index >= 15 is 0 Å². The van der Waals surface area contributed by atoms with Crippen LogP contribution in [0.4, 0.5) is 5.82 Å². The molecule has 3 rings (SSSR count).